The summed E-state index contributed by atoms with van der Waals surface area (Å²) in [6.45, 7) is 5.43. The number of carbonyl (C=O) groups is 2. The molecule has 0 spiro atoms. The van der Waals surface area contributed by atoms with Crippen LogP contribution in [0.2, 0.25) is 0 Å². The number of furan rings is 1. The lowest BCUT2D eigenvalue weighted by Crippen LogP contribution is -2.43. The standard InChI is InChI=1S/C22H26N2O5/c1-3-27-20-11-16-10-14(2)29-19(16)12-17(20)23-21(25)15-6-4-8-24(13-15)22(26)18-7-5-9-28-18/h5,7,9,11-12,14-15H,3-4,6,8,10,13H2,1-2H3,(H,23,25)/t14-,15+/m0/s1. The molecule has 0 aliphatic carbocycles. The summed E-state index contributed by atoms with van der Waals surface area (Å²) in [4.78, 5) is 27.2. The van der Waals surface area contributed by atoms with Crippen molar-refractivity contribution in [1.82, 2.24) is 4.90 Å². The number of fused-ring (bicyclic) bond motifs is 1. The van der Waals surface area contributed by atoms with E-state index in [9.17, 15) is 9.59 Å². The van der Waals surface area contributed by atoms with Gasteiger partial charge in [-0.1, -0.05) is 0 Å². The highest BCUT2D eigenvalue weighted by atomic mass is 16.5. The van der Waals surface area contributed by atoms with E-state index in [0.29, 0.717) is 36.9 Å². The van der Waals surface area contributed by atoms with Crippen molar-refractivity contribution in [2.75, 3.05) is 25.0 Å². The number of nitrogens with one attached hydrogen (secondary N) is 1. The second kappa shape index (κ2) is 8.19. The molecule has 0 radical (unpaired) electrons. The summed E-state index contributed by atoms with van der Waals surface area (Å²) in [6, 6.07) is 7.13. The fraction of sp³-hybridized carbons (Fsp3) is 0.455. The van der Waals surface area contributed by atoms with Crippen LogP contribution in [0.25, 0.3) is 0 Å². The van der Waals surface area contributed by atoms with Gasteiger partial charge in [-0.2, -0.15) is 0 Å². The number of nitrogens with zero attached hydrogens (tertiary/aromatic N) is 1. The van der Waals surface area contributed by atoms with Gasteiger partial charge in [-0.15, -0.1) is 0 Å². The topological polar surface area (TPSA) is 81.0 Å². The van der Waals surface area contributed by atoms with Crippen LogP contribution in [-0.2, 0) is 11.2 Å². The minimum absolute atomic E-state index is 0.116. The van der Waals surface area contributed by atoms with E-state index >= 15 is 0 Å². The van der Waals surface area contributed by atoms with E-state index in [-0.39, 0.29) is 23.8 Å². The molecule has 2 aliphatic rings. The monoisotopic (exact) mass is 398 g/mol. The highest BCUT2D eigenvalue weighted by molar-refractivity contribution is 5.96. The third-order valence-electron chi connectivity index (χ3n) is 5.37. The summed E-state index contributed by atoms with van der Waals surface area (Å²) in [6.07, 6.45) is 3.93. The predicted molar refractivity (Wildman–Crippen MR) is 107 cm³/mol. The lowest BCUT2D eigenvalue weighted by atomic mass is 9.96. The lowest BCUT2D eigenvalue weighted by molar-refractivity contribution is -0.121. The van der Waals surface area contributed by atoms with Gasteiger partial charge in [-0.3, -0.25) is 9.59 Å². The van der Waals surface area contributed by atoms with Gasteiger partial charge in [-0.25, -0.2) is 0 Å². The number of hydrogen-bond donors (Lipinski definition) is 1. The molecule has 2 amide bonds. The molecule has 29 heavy (non-hydrogen) atoms. The molecule has 2 atom stereocenters. The van der Waals surface area contributed by atoms with Gasteiger partial charge in [-0.05, 0) is 44.9 Å². The number of rotatable bonds is 5. The zero-order valence-electron chi connectivity index (χ0n) is 16.8. The molecule has 1 aromatic heterocycles. The van der Waals surface area contributed by atoms with Crippen molar-refractivity contribution >= 4 is 17.5 Å². The quantitative estimate of drug-likeness (QED) is 0.834. The van der Waals surface area contributed by atoms with Crippen molar-refractivity contribution in [3.05, 3.63) is 41.9 Å². The van der Waals surface area contributed by atoms with Crippen molar-refractivity contribution in [2.45, 2.75) is 39.2 Å². The van der Waals surface area contributed by atoms with Crippen molar-refractivity contribution < 1.29 is 23.5 Å². The van der Waals surface area contributed by atoms with Crippen molar-refractivity contribution in [1.29, 1.82) is 0 Å². The maximum atomic E-state index is 13.0. The van der Waals surface area contributed by atoms with Gasteiger partial charge in [0.05, 0.1) is 24.5 Å². The Morgan fingerprint density at radius 3 is 2.97 bits per heavy atom. The number of anilines is 1. The maximum absolute atomic E-state index is 13.0. The van der Waals surface area contributed by atoms with Crippen LogP contribution in [0.15, 0.2) is 34.9 Å². The molecule has 1 aromatic carbocycles. The number of amides is 2. The average molecular weight is 398 g/mol. The minimum atomic E-state index is -0.287. The van der Waals surface area contributed by atoms with Crippen molar-refractivity contribution in [3.63, 3.8) is 0 Å². The maximum Gasteiger partial charge on any atom is 0.289 e. The molecule has 3 heterocycles. The smallest absolute Gasteiger partial charge is 0.289 e. The molecule has 1 N–H and O–H groups in total. The van der Waals surface area contributed by atoms with E-state index in [0.717, 1.165) is 30.6 Å². The van der Waals surface area contributed by atoms with Crippen LogP contribution in [0.5, 0.6) is 11.5 Å². The van der Waals surface area contributed by atoms with E-state index in [4.69, 9.17) is 13.9 Å². The van der Waals surface area contributed by atoms with Gasteiger partial charge < -0.3 is 24.1 Å². The third kappa shape index (κ3) is 4.09. The molecule has 154 valence electrons. The molecule has 0 saturated carbocycles. The first kappa shape index (κ1) is 19.4. The summed E-state index contributed by atoms with van der Waals surface area (Å²) in [7, 11) is 0. The Labute approximate surface area is 170 Å². The number of ether oxygens (including phenoxy) is 2. The van der Waals surface area contributed by atoms with E-state index in [1.807, 2.05) is 26.0 Å². The Morgan fingerprint density at radius 1 is 1.34 bits per heavy atom. The van der Waals surface area contributed by atoms with Crippen LogP contribution in [0.1, 0.15) is 42.8 Å². The molecule has 0 unspecified atom stereocenters. The van der Waals surface area contributed by atoms with E-state index in [2.05, 4.69) is 5.32 Å². The Kier molecular flexibility index (Phi) is 5.47. The molecular weight excluding hydrogens is 372 g/mol. The first-order valence-electron chi connectivity index (χ1n) is 10.1. The number of carbonyl (C=O) groups excluding carboxylic acids is 2. The molecule has 2 aliphatic heterocycles. The van der Waals surface area contributed by atoms with E-state index < -0.39 is 0 Å². The zero-order chi connectivity index (χ0) is 20.4. The molecule has 7 heteroatoms. The van der Waals surface area contributed by atoms with E-state index in [1.54, 1.807) is 17.0 Å². The van der Waals surface area contributed by atoms with E-state index in [1.165, 1.54) is 6.26 Å². The second-order valence-corrected chi connectivity index (χ2v) is 7.58. The van der Waals surface area contributed by atoms with Crippen LogP contribution in [0.3, 0.4) is 0 Å². The number of piperidine rings is 1. The summed E-state index contributed by atoms with van der Waals surface area (Å²) >= 11 is 0. The van der Waals surface area contributed by atoms with Crippen LogP contribution < -0.4 is 14.8 Å². The third-order valence-corrected chi connectivity index (χ3v) is 5.37. The molecule has 1 fully saturated rings. The fourth-order valence-electron chi connectivity index (χ4n) is 3.98. The average Bonchev–Trinajstić information content (AvgIpc) is 3.37. The first-order chi connectivity index (χ1) is 14.0. The Morgan fingerprint density at radius 2 is 2.21 bits per heavy atom. The second-order valence-electron chi connectivity index (χ2n) is 7.58. The molecular formula is C22H26N2O5. The molecule has 0 bridgehead atoms. The molecule has 4 rings (SSSR count). The largest absolute Gasteiger partial charge is 0.492 e. The first-order valence-corrected chi connectivity index (χ1v) is 10.1. The zero-order valence-corrected chi connectivity index (χ0v) is 16.8. The Bertz CT molecular complexity index is 893. The summed E-state index contributed by atoms with van der Waals surface area (Å²) in [5, 5.41) is 3.00. The Hall–Kier alpha value is -2.96. The Balaban J connectivity index is 1.47. The SMILES string of the molecule is CCOc1cc2c(cc1NC(=O)[C@@H]1CCCN(C(=O)c3ccco3)C1)O[C@@H](C)C2. The van der Waals surface area contributed by atoms with Gasteiger partial charge in [0.2, 0.25) is 5.91 Å². The highest BCUT2D eigenvalue weighted by Crippen LogP contribution is 2.38. The van der Waals surface area contributed by atoms with Crippen LogP contribution >= 0.6 is 0 Å². The normalized spacial score (nSPS) is 20.7. The number of benzene rings is 1. The number of likely N-dealkylation sites (tertiary alicyclic amines) is 1. The number of hydrogen-bond acceptors (Lipinski definition) is 5. The predicted octanol–water partition coefficient (Wildman–Crippen LogP) is 3.49. The summed E-state index contributed by atoms with van der Waals surface area (Å²) in [5.74, 6) is 1.15. The van der Waals surface area contributed by atoms with Gasteiger partial charge >= 0.3 is 0 Å². The lowest BCUT2D eigenvalue weighted by Gasteiger charge is -2.31. The summed E-state index contributed by atoms with van der Waals surface area (Å²) < 4.78 is 16.8. The molecule has 1 saturated heterocycles. The van der Waals surface area contributed by atoms with Crippen LogP contribution in [0.4, 0.5) is 5.69 Å². The van der Waals surface area contributed by atoms with Gasteiger partial charge in [0.1, 0.15) is 17.6 Å². The van der Waals surface area contributed by atoms with Crippen molar-refractivity contribution in [2.24, 2.45) is 5.92 Å². The van der Waals surface area contributed by atoms with Gasteiger partial charge in [0.15, 0.2) is 5.76 Å². The van der Waals surface area contributed by atoms with Gasteiger partial charge in [0.25, 0.3) is 5.91 Å². The van der Waals surface area contributed by atoms with Gasteiger partial charge in [0, 0.05) is 31.1 Å². The summed E-state index contributed by atoms with van der Waals surface area (Å²) in [5.41, 5.74) is 1.70. The fourth-order valence-corrected chi connectivity index (χ4v) is 3.98. The minimum Gasteiger partial charge on any atom is -0.492 e. The van der Waals surface area contributed by atoms with Crippen LogP contribution in [0, 0.1) is 5.92 Å². The molecule has 2 aromatic rings. The highest BCUT2D eigenvalue weighted by Gasteiger charge is 2.31. The molecule has 7 nitrogen and oxygen atoms in total. The van der Waals surface area contributed by atoms with Crippen molar-refractivity contribution in [3.8, 4) is 11.5 Å². The van der Waals surface area contributed by atoms with Crippen LogP contribution in [-0.4, -0.2) is 42.5 Å².